The molecule has 3 rings (SSSR count). The molecule has 138 valence electrons. The van der Waals surface area contributed by atoms with Gasteiger partial charge in [-0.25, -0.2) is 0 Å². The third-order valence-electron chi connectivity index (χ3n) is 4.05. The zero-order valence-electron chi connectivity index (χ0n) is 15.0. The minimum atomic E-state index is -0.544. The van der Waals surface area contributed by atoms with Crippen LogP contribution >= 0.6 is 23.8 Å². The van der Waals surface area contributed by atoms with E-state index in [9.17, 15) is 9.59 Å². The fourth-order valence-corrected chi connectivity index (χ4v) is 3.46. The van der Waals surface area contributed by atoms with Crippen molar-refractivity contribution in [3.8, 4) is 5.75 Å². The Morgan fingerprint density at radius 1 is 1.11 bits per heavy atom. The maximum absolute atomic E-state index is 13.0. The van der Waals surface area contributed by atoms with Gasteiger partial charge < -0.3 is 4.74 Å². The number of aryl methyl sites for hydroxylation is 2. The summed E-state index contributed by atoms with van der Waals surface area (Å²) in [6.45, 7) is 3.87. The minimum Gasteiger partial charge on any atom is -0.495 e. The highest BCUT2D eigenvalue weighted by atomic mass is 35.5. The van der Waals surface area contributed by atoms with Crippen LogP contribution in [0.2, 0.25) is 5.02 Å². The van der Waals surface area contributed by atoms with Gasteiger partial charge in [-0.1, -0.05) is 23.7 Å². The van der Waals surface area contributed by atoms with Crippen LogP contribution in [-0.2, 0) is 9.59 Å². The molecule has 1 aliphatic rings. The molecule has 1 saturated heterocycles. The zero-order chi connectivity index (χ0) is 19.7. The number of halogens is 1. The molecule has 0 atom stereocenters. The van der Waals surface area contributed by atoms with Crippen molar-refractivity contribution in [1.82, 2.24) is 5.32 Å². The van der Waals surface area contributed by atoms with Crippen LogP contribution in [0.3, 0.4) is 0 Å². The largest absolute Gasteiger partial charge is 0.495 e. The van der Waals surface area contributed by atoms with Gasteiger partial charge in [-0.05, 0) is 73.1 Å². The van der Waals surface area contributed by atoms with E-state index in [0.717, 1.165) is 11.1 Å². The van der Waals surface area contributed by atoms with Gasteiger partial charge in [0.05, 0.1) is 17.8 Å². The molecule has 1 fully saturated rings. The van der Waals surface area contributed by atoms with E-state index >= 15 is 0 Å². The second-order valence-corrected chi connectivity index (χ2v) is 6.99. The van der Waals surface area contributed by atoms with Crippen LogP contribution in [-0.4, -0.2) is 24.0 Å². The van der Waals surface area contributed by atoms with Crippen molar-refractivity contribution in [1.29, 1.82) is 0 Å². The Hall–Kier alpha value is -2.70. The molecule has 1 aliphatic heterocycles. The summed E-state index contributed by atoms with van der Waals surface area (Å²) in [4.78, 5) is 26.7. The van der Waals surface area contributed by atoms with Crippen molar-refractivity contribution in [2.45, 2.75) is 13.8 Å². The van der Waals surface area contributed by atoms with Gasteiger partial charge in [0.2, 0.25) is 0 Å². The van der Waals surface area contributed by atoms with Crippen LogP contribution in [0, 0.1) is 13.8 Å². The van der Waals surface area contributed by atoms with Crippen molar-refractivity contribution < 1.29 is 14.3 Å². The summed E-state index contributed by atoms with van der Waals surface area (Å²) in [6.07, 6.45) is 1.49. The van der Waals surface area contributed by atoms with Gasteiger partial charge in [0, 0.05) is 0 Å². The van der Waals surface area contributed by atoms with Gasteiger partial charge in [0.1, 0.15) is 11.3 Å². The lowest BCUT2D eigenvalue weighted by Gasteiger charge is -2.29. The van der Waals surface area contributed by atoms with Crippen molar-refractivity contribution >= 4 is 52.5 Å². The van der Waals surface area contributed by atoms with Crippen molar-refractivity contribution in [3.05, 3.63) is 63.7 Å². The molecule has 0 aliphatic carbocycles. The van der Waals surface area contributed by atoms with Crippen LogP contribution < -0.4 is 15.0 Å². The molecular formula is C20H17ClN2O3S. The normalized spacial score (nSPS) is 15.9. The molecular weight excluding hydrogens is 384 g/mol. The Morgan fingerprint density at radius 3 is 2.37 bits per heavy atom. The molecule has 0 spiro atoms. The smallest absolute Gasteiger partial charge is 0.270 e. The lowest BCUT2D eigenvalue weighted by Crippen LogP contribution is -2.54. The molecule has 2 aromatic rings. The van der Waals surface area contributed by atoms with Crippen molar-refractivity contribution in [2.75, 3.05) is 12.0 Å². The van der Waals surface area contributed by atoms with E-state index in [1.807, 2.05) is 32.0 Å². The van der Waals surface area contributed by atoms with Crippen LogP contribution in [0.4, 0.5) is 5.69 Å². The number of nitrogens with zero attached hydrogens (tertiary/aromatic N) is 1. The Balaban J connectivity index is 2.03. The molecule has 1 heterocycles. The molecule has 27 heavy (non-hydrogen) atoms. The van der Waals surface area contributed by atoms with Crippen LogP contribution in [0.5, 0.6) is 5.75 Å². The van der Waals surface area contributed by atoms with E-state index in [4.69, 9.17) is 28.6 Å². The van der Waals surface area contributed by atoms with E-state index in [-0.39, 0.29) is 10.7 Å². The summed E-state index contributed by atoms with van der Waals surface area (Å²) in [6, 6.07) is 10.7. The highest BCUT2D eigenvalue weighted by Gasteiger charge is 2.34. The lowest BCUT2D eigenvalue weighted by atomic mass is 10.1. The molecule has 0 saturated carbocycles. The van der Waals surface area contributed by atoms with Crippen molar-refractivity contribution in [3.63, 3.8) is 0 Å². The first-order valence-electron chi connectivity index (χ1n) is 8.13. The summed E-state index contributed by atoms with van der Waals surface area (Å²) in [5, 5.41) is 3.02. The van der Waals surface area contributed by atoms with E-state index in [2.05, 4.69) is 5.32 Å². The molecule has 0 radical (unpaired) electrons. The molecule has 5 nitrogen and oxygen atoms in total. The molecule has 7 heteroatoms. The number of benzene rings is 2. The maximum atomic E-state index is 13.0. The van der Waals surface area contributed by atoms with Crippen LogP contribution in [0.1, 0.15) is 16.7 Å². The van der Waals surface area contributed by atoms with Crippen LogP contribution in [0.25, 0.3) is 6.08 Å². The first-order chi connectivity index (χ1) is 12.8. The Kier molecular flexibility index (Phi) is 5.30. The number of hydrogen-bond acceptors (Lipinski definition) is 4. The SMILES string of the molecule is COc1ccc(C=C2C(=O)NC(=S)N(c3cc(C)cc(C)c3)C2=O)cc1Cl. The molecule has 0 bridgehead atoms. The third kappa shape index (κ3) is 3.86. The van der Waals surface area contributed by atoms with Gasteiger partial charge in [-0.2, -0.15) is 0 Å². The standard InChI is InChI=1S/C20H17ClN2O3S/c1-11-6-12(2)8-14(7-11)23-19(25)15(18(24)22-20(23)27)9-13-4-5-17(26-3)16(21)10-13/h4-10H,1-3H3,(H,22,24,27). The Labute approximate surface area is 167 Å². The first kappa shape index (κ1) is 19.1. The van der Waals surface area contributed by atoms with E-state index in [1.165, 1.54) is 18.1 Å². The fourth-order valence-electron chi connectivity index (χ4n) is 2.91. The van der Waals surface area contributed by atoms with Gasteiger partial charge in [0.15, 0.2) is 5.11 Å². The maximum Gasteiger partial charge on any atom is 0.270 e. The quantitative estimate of drug-likeness (QED) is 0.483. The fraction of sp³-hybridized carbons (Fsp3) is 0.150. The summed E-state index contributed by atoms with van der Waals surface area (Å²) < 4.78 is 5.12. The summed E-state index contributed by atoms with van der Waals surface area (Å²) in [7, 11) is 1.51. The number of nitrogens with one attached hydrogen (secondary N) is 1. The predicted molar refractivity (Wildman–Crippen MR) is 110 cm³/mol. The Morgan fingerprint density at radius 2 is 1.78 bits per heavy atom. The average molecular weight is 401 g/mol. The second-order valence-electron chi connectivity index (χ2n) is 6.20. The number of ether oxygens (including phenoxy) is 1. The first-order valence-corrected chi connectivity index (χ1v) is 8.92. The second kappa shape index (κ2) is 7.50. The number of carbonyl (C=O) groups is 2. The van der Waals surface area contributed by atoms with Gasteiger partial charge in [-0.15, -0.1) is 0 Å². The van der Waals surface area contributed by atoms with Gasteiger partial charge in [-0.3, -0.25) is 19.8 Å². The van der Waals surface area contributed by atoms with Gasteiger partial charge >= 0.3 is 0 Å². The third-order valence-corrected chi connectivity index (χ3v) is 4.63. The molecule has 2 aromatic carbocycles. The molecule has 0 aromatic heterocycles. The monoisotopic (exact) mass is 400 g/mol. The number of methoxy groups -OCH3 is 1. The number of carbonyl (C=O) groups excluding carboxylic acids is 2. The van der Waals surface area contributed by atoms with E-state index in [1.54, 1.807) is 18.2 Å². The molecule has 1 N–H and O–H groups in total. The Bertz CT molecular complexity index is 980. The zero-order valence-corrected chi connectivity index (χ0v) is 16.6. The number of anilines is 1. The molecule has 2 amide bonds. The summed E-state index contributed by atoms with van der Waals surface area (Å²) in [5.41, 5.74) is 3.17. The number of thiocarbonyl (C=S) groups is 1. The number of rotatable bonds is 3. The van der Waals surface area contributed by atoms with Crippen LogP contribution in [0.15, 0.2) is 42.0 Å². The highest BCUT2D eigenvalue weighted by Crippen LogP contribution is 2.28. The summed E-state index contributed by atoms with van der Waals surface area (Å²) >= 11 is 11.4. The summed E-state index contributed by atoms with van der Waals surface area (Å²) in [5.74, 6) is -0.519. The molecule has 0 unspecified atom stereocenters. The predicted octanol–water partition coefficient (Wildman–Crippen LogP) is 3.80. The van der Waals surface area contributed by atoms with Crippen molar-refractivity contribution in [2.24, 2.45) is 0 Å². The topological polar surface area (TPSA) is 58.6 Å². The van der Waals surface area contributed by atoms with E-state index in [0.29, 0.717) is 22.0 Å². The van der Waals surface area contributed by atoms with E-state index < -0.39 is 11.8 Å². The average Bonchev–Trinajstić information content (AvgIpc) is 2.57. The minimum absolute atomic E-state index is 0.0241. The van der Waals surface area contributed by atoms with Gasteiger partial charge in [0.25, 0.3) is 11.8 Å². The lowest BCUT2D eigenvalue weighted by molar-refractivity contribution is -0.122. The number of amides is 2. The number of hydrogen-bond donors (Lipinski definition) is 1. The highest BCUT2D eigenvalue weighted by molar-refractivity contribution is 7.80.